The van der Waals surface area contributed by atoms with Crippen LogP contribution in [0.5, 0.6) is 0 Å². The Morgan fingerprint density at radius 3 is 2.57 bits per heavy atom. The molecule has 0 saturated heterocycles. The van der Waals surface area contributed by atoms with Crippen LogP contribution in [0, 0.1) is 0 Å². The number of carboxylic acids is 1. The van der Waals surface area contributed by atoms with E-state index < -0.39 is 23.6 Å². The number of nitrogens with one attached hydrogen (secondary N) is 1. The summed E-state index contributed by atoms with van der Waals surface area (Å²) in [5.74, 6) is -0.820. The molecule has 6 nitrogen and oxygen atoms in total. The molecule has 2 N–H and O–H groups in total. The van der Waals surface area contributed by atoms with E-state index in [0.29, 0.717) is 22.9 Å². The van der Waals surface area contributed by atoms with Crippen LogP contribution in [0.15, 0.2) is 66.2 Å². The second-order valence-electron chi connectivity index (χ2n) is 8.44. The standard InChI is InChI=1S/C26H21ClN2O4S2/c1-15(17-13-28-34-14-17)33-25(32)29-21-12-22(27)35-23(21)20-11-18(26(9-10-26)24(30)31)7-8-19(20)16-5-3-2-4-6-16/h2-8,11-15H,9-10H2,1H3,(H,29,32)(H,30,31). The van der Waals surface area contributed by atoms with Crippen molar-refractivity contribution < 1.29 is 19.4 Å². The quantitative estimate of drug-likeness (QED) is 0.259. The molecule has 1 saturated carbocycles. The lowest BCUT2D eigenvalue weighted by molar-refractivity contribution is -0.140. The van der Waals surface area contributed by atoms with Crippen LogP contribution in [0.25, 0.3) is 21.6 Å². The minimum absolute atomic E-state index is 0.459. The van der Waals surface area contributed by atoms with Gasteiger partial charge in [-0.05, 0) is 60.1 Å². The first-order valence-electron chi connectivity index (χ1n) is 11.0. The number of carbonyl (C=O) groups excluding carboxylic acids is 1. The van der Waals surface area contributed by atoms with Crippen molar-refractivity contribution in [3.63, 3.8) is 0 Å². The Morgan fingerprint density at radius 2 is 1.91 bits per heavy atom. The smallest absolute Gasteiger partial charge is 0.412 e. The van der Waals surface area contributed by atoms with E-state index in [4.69, 9.17) is 16.3 Å². The first-order valence-corrected chi connectivity index (χ1v) is 13.0. The van der Waals surface area contributed by atoms with Gasteiger partial charge in [0.25, 0.3) is 0 Å². The SMILES string of the molecule is CC(OC(=O)Nc1cc(Cl)sc1-c1cc(C2(C(=O)O)CC2)ccc1-c1ccccc1)c1cnsc1. The van der Waals surface area contributed by atoms with E-state index in [9.17, 15) is 14.7 Å². The topological polar surface area (TPSA) is 88.5 Å². The van der Waals surface area contributed by atoms with E-state index in [-0.39, 0.29) is 0 Å². The number of anilines is 1. The van der Waals surface area contributed by atoms with Gasteiger partial charge in [0, 0.05) is 22.7 Å². The number of hydrogen-bond donors (Lipinski definition) is 2. The van der Waals surface area contributed by atoms with Crippen molar-refractivity contribution in [2.45, 2.75) is 31.3 Å². The average molecular weight is 525 g/mol. The molecule has 2 heterocycles. The summed E-state index contributed by atoms with van der Waals surface area (Å²) in [6.07, 6.45) is 1.80. The lowest BCUT2D eigenvalue weighted by Crippen LogP contribution is -2.19. The molecule has 5 rings (SSSR count). The fourth-order valence-corrected chi connectivity index (χ4v) is 5.91. The molecule has 0 radical (unpaired) electrons. The summed E-state index contributed by atoms with van der Waals surface area (Å²) in [5, 5.41) is 14.5. The zero-order valence-corrected chi connectivity index (χ0v) is 21.0. The van der Waals surface area contributed by atoms with Crippen molar-refractivity contribution in [1.82, 2.24) is 4.37 Å². The number of ether oxygens (including phenoxy) is 1. The zero-order chi connectivity index (χ0) is 24.6. The Bertz CT molecular complexity index is 1380. The highest BCUT2D eigenvalue weighted by atomic mass is 35.5. The number of benzene rings is 2. The fraction of sp³-hybridized carbons (Fsp3) is 0.192. The first kappa shape index (κ1) is 23.5. The minimum Gasteiger partial charge on any atom is -0.481 e. The molecule has 1 atom stereocenters. The van der Waals surface area contributed by atoms with Gasteiger partial charge in [-0.2, -0.15) is 0 Å². The molecule has 0 spiro atoms. The molecule has 0 aliphatic heterocycles. The molecule has 1 aliphatic rings. The maximum atomic E-state index is 12.7. The third-order valence-electron chi connectivity index (χ3n) is 6.20. The number of amides is 1. The molecule has 0 bridgehead atoms. The molecule has 1 fully saturated rings. The van der Waals surface area contributed by atoms with Gasteiger partial charge >= 0.3 is 12.1 Å². The second-order valence-corrected chi connectivity index (χ2v) is 10.8. The van der Waals surface area contributed by atoms with Gasteiger partial charge in [0.1, 0.15) is 6.10 Å². The summed E-state index contributed by atoms with van der Waals surface area (Å²) in [7, 11) is 0. The third-order valence-corrected chi connectivity index (χ3v) is 8.11. The Morgan fingerprint density at radius 1 is 1.14 bits per heavy atom. The van der Waals surface area contributed by atoms with Crippen LogP contribution in [0.3, 0.4) is 0 Å². The second kappa shape index (κ2) is 9.45. The van der Waals surface area contributed by atoms with Crippen molar-refractivity contribution in [1.29, 1.82) is 0 Å². The maximum Gasteiger partial charge on any atom is 0.412 e. The number of aromatic nitrogens is 1. The summed E-state index contributed by atoms with van der Waals surface area (Å²) >= 11 is 9.02. The van der Waals surface area contributed by atoms with Crippen molar-refractivity contribution in [2.24, 2.45) is 0 Å². The van der Waals surface area contributed by atoms with Crippen molar-refractivity contribution in [2.75, 3.05) is 5.32 Å². The molecule has 2 aromatic heterocycles. The monoisotopic (exact) mass is 524 g/mol. The lowest BCUT2D eigenvalue weighted by atomic mass is 9.89. The molecule has 1 amide bonds. The third kappa shape index (κ3) is 4.69. The normalized spacial score (nSPS) is 14.8. The summed E-state index contributed by atoms with van der Waals surface area (Å²) in [6, 6.07) is 17.3. The number of halogens is 1. The Balaban J connectivity index is 1.53. The predicted molar refractivity (Wildman–Crippen MR) is 139 cm³/mol. The average Bonchev–Trinajstić information content (AvgIpc) is 3.32. The van der Waals surface area contributed by atoms with Gasteiger partial charge in [-0.25, -0.2) is 9.17 Å². The van der Waals surface area contributed by atoms with Gasteiger partial charge in [0.2, 0.25) is 0 Å². The van der Waals surface area contributed by atoms with Crippen LogP contribution in [-0.4, -0.2) is 21.5 Å². The predicted octanol–water partition coefficient (Wildman–Crippen LogP) is 7.62. The number of thiophene rings is 1. The first-order chi connectivity index (χ1) is 16.9. The van der Waals surface area contributed by atoms with E-state index in [1.165, 1.54) is 22.9 Å². The number of rotatable bonds is 7. The van der Waals surface area contributed by atoms with E-state index in [1.54, 1.807) is 19.2 Å². The fourth-order valence-electron chi connectivity index (χ4n) is 4.09. The van der Waals surface area contributed by atoms with E-state index in [1.807, 2.05) is 53.9 Å². The van der Waals surface area contributed by atoms with Gasteiger partial charge in [-0.15, -0.1) is 11.3 Å². The summed E-state index contributed by atoms with van der Waals surface area (Å²) in [4.78, 5) is 25.5. The van der Waals surface area contributed by atoms with Crippen molar-refractivity contribution in [3.8, 4) is 21.6 Å². The van der Waals surface area contributed by atoms with Gasteiger partial charge < -0.3 is 9.84 Å². The Labute approximate surface area is 215 Å². The van der Waals surface area contributed by atoms with Gasteiger partial charge in [-0.3, -0.25) is 10.1 Å². The molecule has 1 aliphatic carbocycles. The van der Waals surface area contributed by atoms with Crippen LogP contribution in [-0.2, 0) is 14.9 Å². The van der Waals surface area contributed by atoms with Crippen LogP contribution in [0.4, 0.5) is 10.5 Å². The number of nitrogens with zero attached hydrogens (tertiary/aromatic N) is 1. The molecular formula is C26H21ClN2O4S2. The van der Waals surface area contributed by atoms with Crippen LogP contribution in [0.2, 0.25) is 4.34 Å². The van der Waals surface area contributed by atoms with Crippen molar-refractivity contribution in [3.05, 3.63) is 81.6 Å². The van der Waals surface area contributed by atoms with E-state index in [2.05, 4.69) is 9.69 Å². The molecule has 35 heavy (non-hydrogen) atoms. The van der Waals surface area contributed by atoms with Gasteiger partial charge in [0.15, 0.2) is 0 Å². The molecular weight excluding hydrogens is 504 g/mol. The minimum atomic E-state index is -0.860. The van der Waals surface area contributed by atoms with E-state index in [0.717, 1.165) is 32.7 Å². The highest BCUT2D eigenvalue weighted by Gasteiger charge is 2.51. The van der Waals surface area contributed by atoms with Crippen molar-refractivity contribution >= 4 is 52.2 Å². The van der Waals surface area contributed by atoms with E-state index >= 15 is 0 Å². The summed E-state index contributed by atoms with van der Waals surface area (Å²) < 4.78 is 10.1. The summed E-state index contributed by atoms with van der Waals surface area (Å²) in [6.45, 7) is 1.78. The largest absolute Gasteiger partial charge is 0.481 e. The number of aliphatic carboxylic acids is 1. The summed E-state index contributed by atoms with van der Waals surface area (Å²) in [5.41, 5.74) is 3.92. The lowest BCUT2D eigenvalue weighted by Gasteiger charge is -2.17. The van der Waals surface area contributed by atoms with Gasteiger partial charge in [0.05, 0.1) is 20.3 Å². The highest BCUT2D eigenvalue weighted by molar-refractivity contribution is 7.20. The number of carbonyl (C=O) groups is 2. The number of carboxylic acid groups (broad SMARTS) is 1. The molecule has 4 aromatic rings. The zero-order valence-electron chi connectivity index (χ0n) is 18.7. The van der Waals surface area contributed by atoms with Gasteiger partial charge in [-0.1, -0.05) is 54.1 Å². The molecule has 2 aromatic carbocycles. The van der Waals surface area contributed by atoms with Crippen LogP contribution < -0.4 is 5.32 Å². The molecule has 178 valence electrons. The van der Waals surface area contributed by atoms with Crippen LogP contribution >= 0.6 is 34.5 Å². The Kier molecular flexibility index (Phi) is 6.35. The number of hydrogen-bond acceptors (Lipinski definition) is 6. The Hall–Kier alpha value is -3.20. The van der Waals surface area contributed by atoms with Crippen LogP contribution in [0.1, 0.15) is 37.0 Å². The highest BCUT2D eigenvalue weighted by Crippen LogP contribution is 2.51. The maximum absolute atomic E-state index is 12.7. The molecule has 1 unspecified atom stereocenters. The molecule has 9 heteroatoms.